The zero-order valence-electron chi connectivity index (χ0n) is 12.9. The Morgan fingerprint density at radius 1 is 1.32 bits per heavy atom. The van der Waals surface area contributed by atoms with Crippen LogP contribution < -0.4 is 10.6 Å². The fraction of sp³-hybridized carbons (Fsp3) is 0.375. The van der Waals surface area contributed by atoms with Crippen molar-refractivity contribution in [1.29, 1.82) is 0 Å². The summed E-state index contributed by atoms with van der Waals surface area (Å²) in [4.78, 5) is 11.8. The summed E-state index contributed by atoms with van der Waals surface area (Å²) >= 11 is 0. The molecule has 0 bridgehead atoms. The van der Waals surface area contributed by atoms with E-state index in [9.17, 15) is 9.90 Å². The molecule has 0 aliphatic heterocycles. The first-order chi connectivity index (χ1) is 10.5. The van der Waals surface area contributed by atoms with Crippen LogP contribution in [0.4, 0.5) is 4.79 Å². The Morgan fingerprint density at radius 2 is 2.05 bits per heavy atom. The second-order valence-corrected chi connectivity index (χ2v) is 5.52. The number of nitrogens with one attached hydrogen (secondary N) is 2. The highest BCUT2D eigenvalue weighted by Gasteiger charge is 2.23. The van der Waals surface area contributed by atoms with Gasteiger partial charge in [-0.3, -0.25) is 4.68 Å². The Hall–Kier alpha value is -2.34. The van der Waals surface area contributed by atoms with Crippen molar-refractivity contribution in [3.63, 3.8) is 0 Å². The molecule has 6 heteroatoms. The fourth-order valence-electron chi connectivity index (χ4n) is 2.14. The number of urea groups is 1. The van der Waals surface area contributed by atoms with E-state index in [0.29, 0.717) is 6.54 Å². The van der Waals surface area contributed by atoms with Gasteiger partial charge in [0.15, 0.2) is 0 Å². The van der Waals surface area contributed by atoms with Crippen molar-refractivity contribution in [2.45, 2.75) is 18.9 Å². The molecule has 3 N–H and O–H groups in total. The van der Waals surface area contributed by atoms with Gasteiger partial charge in [0.1, 0.15) is 5.60 Å². The van der Waals surface area contributed by atoms with Crippen molar-refractivity contribution in [2.24, 2.45) is 7.05 Å². The predicted molar refractivity (Wildman–Crippen MR) is 84.3 cm³/mol. The molecule has 0 aliphatic rings. The van der Waals surface area contributed by atoms with Gasteiger partial charge >= 0.3 is 6.03 Å². The molecule has 1 atom stereocenters. The van der Waals surface area contributed by atoms with E-state index in [0.717, 1.165) is 17.5 Å². The molecular weight excluding hydrogens is 280 g/mol. The van der Waals surface area contributed by atoms with Gasteiger partial charge in [-0.05, 0) is 24.5 Å². The molecule has 2 aromatic rings. The van der Waals surface area contributed by atoms with Crippen LogP contribution in [0.25, 0.3) is 0 Å². The molecule has 1 aromatic carbocycles. The van der Waals surface area contributed by atoms with Gasteiger partial charge in [-0.1, -0.05) is 30.3 Å². The Labute approximate surface area is 130 Å². The minimum atomic E-state index is -1.10. The van der Waals surface area contributed by atoms with Crippen LogP contribution in [0.15, 0.2) is 42.7 Å². The summed E-state index contributed by atoms with van der Waals surface area (Å²) < 4.78 is 1.73. The van der Waals surface area contributed by atoms with Crippen molar-refractivity contribution >= 4 is 6.03 Å². The topological polar surface area (TPSA) is 79.2 Å². The van der Waals surface area contributed by atoms with Crippen LogP contribution in [0.3, 0.4) is 0 Å². The molecule has 0 fully saturated rings. The number of nitrogens with zero attached hydrogens (tertiary/aromatic N) is 2. The maximum atomic E-state index is 11.8. The van der Waals surface area contributed by atoms with Crippen LogP contribution in [-0.2, 0) is 19.1 Å². The lowest BCUT2D eigenvalue weighted by atomic mass is 9.96. The van der Waals surface area contributed by atoms with E-state index >= 15 is 0 Å². The fourth-order valence-corrected chi connectivity index (χ4v) is 2.14. The third-order valence-electron chi connectivity index (χ3n) is 3.45. The average Bonchev–Trinajstić information content (AvgIpc) is 2.92. The van der Waals surface area contributed by atoms with Crippen LogP contribution >= 0.6 is 0 Å². The normalized spacial score (nSPS) is 13.4. The zero-order valence-corrected chi connectivity index (χ0v) is 12.9. The number of carbonyl (C=O) groups is 1. The largest absolute Gasteiger partial charge is 0.384 e. The summed E-state index contributed by atoms with van der Waals surface area (Å²) in [5.74, 6) is 0. The zero-order chi connectivity index (χ0) is 16.0. The van der Waals surface area contributed by atoms with Gasteiger partial charge < -0.3 is 15.7 Å². The molecule has 1 unspecified atom stereocenters. The van der Waals surface area contributed by atoms with E-state index in [1.54, 1.807) is 17.8 Å². The second kappa shape index (κ2) is 7.09. The van der Waals surface area contributed by atoms with E-state index in [2.05, 4.69) is 15.7 Å². The molecule has 0 saturated heterocycles. The van der Waals surface area contributed by atoms with Crippen LogP contribution in [0.1, 0.15) is 18.1 Å². The van der Waals surface area contributed by atoms with E-state index in [1.807, 2.05) is 43.6 Å². The SMILES string of the molecule is Cn1cc(CCNC(=O)NCC(C)(O)c2ccccc2)cn1. The predicted octanol–water partition coefficient (Wildman–Crippen LogP) is 1.17. The Bertz CT molecular complexity index is 608. The first kappa shape index (κ1) is 16.0. The van der Waals surface area contributed by atoms with Crippen LogP contribution in [-0.4, -0.2) is 34.0 Å². The summed E-state index contributed by atoms with van der Waals surface area (Å²) in [6.07, 6.45) is 4.41. The number of aliphatic hydroxyl groups is 1. The smallest absolute Gasteiger partial charge is 0.314 e. The monoisotopic (exact) mass is 302 g/mol. The molecule has 2 amide bonds. The number of hydrogen-bond donors (Lipinski definition) is 3. The van der Waals surface area contributed by atoms with Gasteiger partial charge in [0.05, 0.1) is 12.7 Å². The molecule has 0 radical (unpaired) electrons. The maximum Gasteiger partial charge on any atom is 0.314 e. The van der Waals surface area contributed by atoms with E-state index in [1.165, 1.54) is 0 Å². The average molecular weight is 302 g/mol. The molecule has 2 rings (SSSR count). The van der Waals surface area contributed by atoms with Crippen molar-refractivity contribution in [1.82, 2.24) is 20.4 Å². The third-order valence-corrected chi connectivity index (χ3v) is 3.45. The number of amides is 2. The Balaban J connectivity index is 1.73. The summed E-state index contributed by atoms with van der Waals surface area (Å²) in [5.41, 5.74) is 0.742. The van der Waals surface area contributed by atoms with Gasteiger partial charge in [0.25, 0.3) is 0 Å². The number of aryl methyl sites for hydroxylation is 1. The van der Waals surface area contributed by atoms with Crippen LogP contribution in [0.2, 0.25) is 0 Å². The van der Waals surface area contributed by atoms with Crippen molar-refractivity contribution in [2.75, 3.05) is 13.1 Å². The molecule has 118 valence electrons. The Kier molecular flexibility index (Phi) is 5.16. The lowest BCUT2D eigenvalue weighted by molar-refractivity contribution is 0.0594. The molecule has 0 spiro atoms. The summed E-state index contributed by atoms with van der Waals surface area (Å²) in [6, 6.07) is 8.98. The van der Waals surface area contributed by atoms with Gasteiger partial charge in [-0.15, -0.1) is 0 Å². The lowest BCUT2D eigenvalue weighted by Crippen LogP contribution is -2.43. The first-order valence-corrected chi connectivity index (χ1v) is 7.24. The molecular formula is C16H22N4O2. The number of rotatable bonds is 6. The Morgan fingerprint density at radius 3 is 2.68 bits per heavy atom. The van der Waals surface area contributed by atoms with Crippen LogP contribution in [0.5, 0.6) is 0 Å². The molecule has 1 aromatic heterocycles. The van der Waals surface area contributed by atoms with Crippen molar-refractivity contribution in [3.8, 4) is 0 Å². The van der Waals surface area contributed by atoms with Crippen molar-refractivity contribution in [3.05, 3.63) is 53.9 Å². The standard InChI is InChI=1S/C16H22N4O2/c1-16(22,14-6-4-3-5-7-14)12-18-15(21)17-9-8-13-10-19-20(2)11-13/h3-7,10-11,22H,8-9,12H2,1-2H3,(H2,17,18,21). The van der Waals surface area contributed by atoms with E-state index in [-0.39, 0.29) is 12.6 Å². The summed E-state index contributed by atoms with van der Waals surface area (Å²) in [7, 11) is 1.86. The van der Waals surface area contributed by atoms with Gasteiger partial charge in [-0.25, -0.2) is 4.79 Å². The quantitative estimate of drug-likeness (QED) is 0.749. The number of hydrogen-bond acceptors (Lipinski definition) is 3. The van der Waals surface area contributed by atoms with Gasteiger partial charge in [-0.2, -0.15) is 5.10 Å². The summed E-state index contributed by atoms with van der Waals surface area (Å²) in [5, 5.41) is 19.9. The van der Waals surface area contributed by atoms with E-state index in [4.69, 9.17) is 0 Å². The minimum absolute atomic E-state index is 0.149. The van der Waals surface area contributed by atoms with Gasteiger partial charge in [0.2, 0.25) is 0 Å². The highest BCUT2D eigenvalue weighted by atomic mass is 16.3. The third kappa shape index (κ3) is 4.60. The van der Waals surface area contributed by atoms with Gasteiger partial charge in [0, 0.05) is 19.8 Å². The maximum absolute atomic E-state index is 11.8. The summed E-state index contributed by atoms with van der Waals surface area (Å²) in [6.45, 7) is 2.35. The molecule has 1 heterocycles. The molecule has 6 nitrogen and oxygen atoms in total. The molecule has 0 aliphatic carbocycles. The highest BCUT2D eigenvalue weighted by Crippen LogP contribution is 2.18. The van der Waals surface area contributed by atoms with Crippen LogP contribution in [0, 0.1) is 0 Å². The number of benzene rings is 1. The highest BCUT2D eigenvalue weighted by molar-refractivity contribution is 5.73. The number of carbonyl (C=O) groups excluding carboxylic acids is 1. The minimum Gasteiger partial charge on any atom is -0.384 e. The first-order valence-electron chi connectivity index (χ1n) is 7.24. The lowest BCUT2D eigenvalue weighted by Gasteiger charge is -2.24. The second-order valence-electron chi connectivity index (χ2n) is 5.52. The molecule has 0 saturated carbocycles. The number of aromatic nitrogens is 2. The van der Waals surface area contributed by atoms with E-state index < -0.39 is 5.60 Å². The molecule has 22 heavy (non-hydrogen) atoms. The van der Waals surface area contributed by atoms with Crippen molar-refractivity contribution < 1.29 is 9.90 Å².